The number of hydrogen-bond donors (Lipinski definition) is 1. The SMILES string of the molecule is COc1ccc(CCC(C)NCC(C)N2CCCC2)cc1. The quantitative estimate of drug-likeness (QED) is 0.796. The van der Waals surface area contributed by atoms with Crippen LogP contribution in [0.2, 0.25) is 0 Å². The first-order valence-corrected chi connectivity index (χ1v) is 8.29. The monoisotopic (exact) mass is 290 g/mol. The van der Waals surface area contributed by atoms with Gasteiger partial charge in [0.2, 0.25) is 0 Å². The summed E-state index contributed by atoms with van der Waals surface area (Å²) in [5.41, 5.74) is 1.39. The average Bonchev–Trinajstić information content (AvgIpc) is 3.05. The molecule has 1 aromatic carbocycles. The third kappa shape index (κ3) is 5.33. The third-order valence-electron chi connectivity index (χ3n) is 4.55. The molecule has 1 aromatic rings. The molecule has 0 amide bonds. The molecular weight excluding hydrogens is 260 g/mol. The van der Waals surface area contributed by atoms with E-state index in [-0.39, 0.29) is 0 Å². The molecule has 0 saturated carbocycles. The Morgan fingerprint density at radius 2 is 1.81 bits per heavy atom. The highest BCUT2D eigenvalue weighted by Crippen LogP contribution is 2.14. The first-order chi connectivity index (χ1) is 10.2. The molecule has 1 heterocycles. The van der Waals surface area contributed by atoms with Crippen LogP contribution in [-0.4, -0.2) is 43.7 Å². The van der Waals surface area contributed by atoms with Gasteiger partial charge in [-0.3, -0.25) is 4.90 Å². The molecule has 1 N–H and O–H groups in total. The number of ether oxygens (including phenoxy) is 1. The van der Waals surface area contributed by atoms with Crippen LogP contribution in [0.5, 0.6) is 5.75 Å². The number of aryl methyl sites for hydroxylation is 1. The van der Waals surface area contributed by atoms with E-state index in [1.165, 1.54) is 37.9 Å². The molecule has 2 unspecified atom stereocenters. The topological polar surface area (TPSA) is 24.5 Å². The Balaban J connectivity index is 1.65. The molecule has 3 nitrogen and oxygen atoms in total. The second-order valence-corrected chi connectivity index (χ2v) is 6.29. The lowest BCUT2D eigenvalue weighted by atomic mass is 10.1. The first-order valence-electron chi connectivity index (χ1n) is 8.29. The van der Waals surface area contributed by atoms with Crippen molar-refractivity contribution in [2.75, 3.05) is 26.7 Å². The fourth-order valence-electron chi connectivity index (χ4n) is 2.96. The van der Waals surface area contributed by atoms with Crippen molar-refractivity contribution < 1.29 is 4.74 Å². The van der Waals surface area contributed by atoms with Crippen LogP contribution in [0.4, 0.5) is 0 Å². The van der Waals surface area contributed by atoms with Crippen LogP contribution in [0.3, 0.4) is 0 Å². The summed E-state index contributed by atoms with van der Waals surface area (Å²) in [5.74, 6) is 0.935. The van der Waals surface area contributed by atoms with E-state index < -0.39 is 0 Å². The molecule has 0 spiro atoms. The van der Waals surface area contributed by atoms with E-state index in [0.717, 1.165) is 18.7 Å². The number of hydrogen-bond acceptors (Lipinski definition) is 3. The predicted molar refractivity (Wildman–Crippen MR) is 89.0 cm³/mol. The largest absolute Gasteiger partial charge is 0.497 e. The zero-order chi connectivity index (χ0) is 15.1. The van der Waals surface area contributed by atoms with Gasteiger partial charge >= 0.3 is 0 Å². The molecule has 0 aliphatic carbocycles. The number of nitrogens with zero attached hydrogens (tertiary/aromatic N) is 1. The van der Waals surface area contributed by atoms with Gasteiger partial charge in [-0.2, -0.15) is 0 Å². The van der Waals surface area contributed by atoms with Gasteiger partial charge in [-0.05, 0) is 70.3 Å². The van der Waals surface area contributed by atoms with E-state index in [9.17, 15) is 0 Å². The number of nitrogens with one attached hydrogen (secondary N) is 1. The van der Waals surface area contributed by atoms with Gasteiger partial charge in [-0.1, -0.05) is 12.1 Å². The molecule has 1 aliphatic rings. The number of rotatable bonds is 8. The highest BCUT2D eigenvalue weighted by Gasteiger charge is 2.17. The van der Waals surface area contributed by atoms with Crippen LogP contribution < -0.4 is 10.1 Å². The normalized spacial score (nSPS) is 18.6. The molecule has 1 aliphatic heterocycles. The minimum absolute atomic E-state index is 0.567. The number of methoxy groups -OCH3 is 1. The standard InChI is InChI=1S/C18H30N2O/c1-15(19-14-16(2)20-12-4-5-13-20)6-7-17-8-10-18(21-3)11-9-17/h8-11,15-16,19H,4-7,12-14H2,1-3H3. The Kier molecular flexibility index (Phi) is 6.52. The molecule has 1 fully saturated rings. The van der Waals surface area contributed by atoms with Crippen LogP contribution >= 0.6 is 0 Å². The smallest absolute Gasteiger partial charge is 0.118 e. The fourth-order valence-corrected chi connectivity index (χ4v) is 2.96. The molecule has 1 saturated heterocycles. The lowest BCUT2D eigenvalue weighted by Gasteiger charge is -2.25. The summed E-state index contributed by atoms with van der Waals surface area (Å²) in [4.78, 5) is 2.60. The van der Waals surface area contributed by atoms with Gasteiger partial charge < -0.3 is 10.1 Å². The van der Waals surface area contributed by atoms with Crippen molar-refractivity contribution in [3.8, 4) is 5.75 Å². The van der Waals surface area contributed by atoms with Gasteiger partial charge in [0.15, 0.2) is 0 Å². The Hall–Kier alpha value is -1.06. The van der Waals surface area contributed by atoms with Crippen molar-refractivity contribution in [3.05, 3.63) is 29.8 Å². The van der Waals surface area contributed by atoms with Crippen molar-refractivity contribution in [1.82, 2.24) is 10.2 Å². The van der Waals surface area contributed by atoms with E-state index >= 15 is 0 Å². The van der Waals surface area contributed by atoms with Crippen molar-refractivity contribution in [1.29, 1.82) is 0 Å². The summed E-state index contributed by atoms with van der Waals surface area (Å²) in [6.07, 6.45) is 5.05. The molecule has 3 heteroatoms. The van der Waals surface area contributed by atoms with Crippen molar-refractivity contribution in [2.45, 2.75) is 51.6 Å². The Morgan fingerprint density at radius 1 is 1.14 bits per heavy atom. The fraction of sp³-hybridized carbons (Fsp3) is 0.667. The highest BCUT2D eigenvalue weighted by molar-refractivity contribution is 5.27. The zero-order valence-corrected chi connectivity index (χ0v) is 13.8. The summed E-state index contributed by atoms with van der Waals surface area (Å²) in [6, 6.07) is 9.65. The molecule has 2 atom stereocenters. The van der Waals surface area contributed by atoms with E-state index in [1.54, 1.807) is 7.11 Å². The molecule has 2 rings (SSSR count). The maximum absolute atomic E-state index is 5.19. The van der Waals surface area contributed by atoms with E-state index in [0.29, 0.717) is 12.1 Å². The van der Waals surface area contributed by atoms with Crippen LogP contribution in [0.25, 0.3) is 0 Å². The van der Waals surface area contributed by atoms with Gasteiger partial charge in [0.1, 0.15) is 5.75 Å². The van der Waals surface area contributed by atoms with Crippen LogP contribution in [-0.2, 0) is 6.42 Å². The Bertz CT molecular complexity index is 398. The van der Waals surface area contributed by atoms with Gasteiger partial charge in [-0.15, -0.1) is 0 Å². The molecule has 21 heavy (non-hydrogen) atoms. The summed E-state index contributed by atoms with van der Waals surface area (Å²) in [5, 5.41) is 3.69. The molecule has 118 valence electrons. The first kappa shape index (κ1) is 16.3. The van der Waals surface area contributed by atoms with Crippen molar-refractivity contribution in [2.24, 2.45) is 0 Å². The Morgan fingerprint density at radius 3 is 2.43 bits per heavy atom. The maximum atomic E-state index is 5.19. The van der Waals surface area contributed by atoms with E-state index in [2.05, 4.69) is 36.2 Å². The number of benzene rings is 1. The van der Waals surface area contributed by atoms with Gasteiger partial charge in [0, 0.05) is 18.6 Å². The van der Waals surface area contributed by atoms with Crippen LogP contribution in [0.15, 0.2) is 24.3 Å². The van der Waals surface area contributed by atoms with Crippen LogP contribution in [0.1, 0.15) is 38.7 Å². The zero-order valence-electron chi connectivity index (χ0n) is 13.8. The number of likely N-dealkylation sites (tertiary alicyclic amines) is 1. The summed E-state index contributed by atoms with van der Waals surface area (Å²) in [6.45, 7) is 8.30. The van der Waals surface area contributed by atoms with E-state index in [4.69, 9.17) is 4.74 Å². The Labute approximate surface area is 129 Å². The molecular formula is C18H30N2O. The van der Waals surface area contributed by atoms with Gasteiger partial charge in [0.05, 0.1) is 7.11 Å². The predicted octanol–water partition coefficient (Wildman–Crippen LogP) is 3.09. The minimum atomic E-state index is 0.567. The summed E-state index contributed by atoms with van der Waals surface area (Å²) in [7, 11) is 1.71. The minimum Gasteiger partial charge on any atom is -0.497 e. The van der Waals surface area contributed by atoms with Crippen LogP contribution in [0, 0.1) is 0 Å². The third-order valence-corrected chi connectivity index (χ3v) is 4.55. The second-order valence-electron chi connectivity index (χ2n) is 6.29. The lowest BCUT2D eigenvalue weighted by molar-refractivity contribution is 0.246. The molecule has 0 aromatic heterocycles. The summed E-state index contributed by atoms with van der Waals surface area (Å²) < 4.78 is 5.19. The maximum Gasteiger partial charge on any atom is 0.118 e. The van der Waals surface area contributed by atoms with Gasteiger partial charge in [0.25, 0.3) is 0 Å². The van der Waals surface area contributed by atoms with Gasteiger partial charge in [-0.25, -0.2) is 0 Å². The van der Waals surface area contributed by atoms with Crippen molar-refractivity contribution >= 4 is 0 Å². The molecule has 0 radical (unpaired) electrons. The highest BCUT2D eigenvalue weighted by atomic mass is 16.5. The second kappa shape index (κ2) is 8.40. The lowest BCUT2D eigenvalue weighted by Crippen LogP contribution is -2.41. The van der Waals surface area contributed by atoms with Crippen molar-refractivity contribution in [3.63, 3.8) is 0 Å². The average molecular weight is 290 g/mol. The van der Waals surface area contributed by atoms with E-state index in [1.807, 2.05) is 12.1 Å². The summed E-state index contributed by atoms with van der Waals surface area (Å²) >= 11 is 0. The molecule has 0 bridgehead atoms.